The molecule has 13 aromatic rings. The normalized spacial score (nSPS) is 10.7. The molecule has 0 bridgehead atoms. The van der Waals surface area contributed by atoms with Gasteiger partial charge in [0, 0.05) is 66.1 Å². The highest BCUT2D eigenvalue weighted by atomic mass is 19.4. The van der Waals surface area contributed by atoms with E-state index in [0.29, 0.717) is 88.2 Å². The number of aromatic nitrogens is 2. The van der Waals surface area contributed by atoms with Gasteiger partial charge in [0.2, 0.25) is 0 Å². The standard InChI is InChI=1S/C81H32F3N15/c1-44-9-8-10-65(81(82,83)84)76(44)52-12-18-60(75(35-52)99-72-19-13-48(77-54(41-89)28-57(92-2)29-55(77)42-90)31-61(72)62-33-50(15-21-73(62)99)79-56(43-91)30-58(93-3)36-69(79)97-7)59-17-11-45(37-85)27-74(59)98-70-20-14-49(78-53(40-88)23-46(38-86)24-66(78)94-4)32-63(70)64-34-51(16-22-71(64)98)80-67(95-5)25-47(39-87)26-68(80)96-6/h8-36H,1H3. The van der Waals surface area contributed by atoms with Crippen LogP contribution in [0.2, 0.25) is 0 Å². The highest BCUT2D eigenvalue weighted by Crippen LogP contribution is 2.50. The van der Waals surface area contributed by atoms with Crippen LogP contribution < -0.4 is 0 Å². The van der Waals surface area contributed by atoms with Crippen LogP contribution in [-0.2, 0) is 6.18 Å². The van der Waals surface area contributed by atoms with Crippen LogP contribution in [0.3, 0.4) is 0 Å². The maximum atomic E-state index is 15.5. The molecule has 13 rings (SSSR count). The Hall–Kier alpha value is -15.8. The molecule has 99 heavy (non-hydrogen) atoms. The van der Waals surface area contributed by atoms with E-state index in [1.165, 1.54) is 54.6 Å². The molecule has 0 radical (unpaired) electrons. The first-order valence-electron chi connectivity index (χ1n) is 29.4. The lowest BCUT2D eigenvalue weighted by atomic mass is 9.91. The van der Waals surface area contributed by atoms with E-state index >= 15 is 13.2 Å². The van der Waals surface area contributed by atoms with Gasteiger partial charge < -0.3 is 9.13 Å². The molecule has 0 amide bonds. The van der Waals surface area contributed by atoms with Crippen molar-refractivity contribution >= 4 is 77.7 Å². The van der Waals surface area contributed by atoms with Crippen molar-refractivity contribution in [3.63, 3.8) is 0 Å². The lowest BCUT2D eigenvalue weighted by Gasteiger charge is -2.21. The van der Waals surface area contributed by atoms with Crippen LogP contribution in [0.25, 0.3) is 151 Å². The largest absolute Gasteiger partial charge is 0.417 e. The first-order chi connectivity index (χ1) is 48.0. The Kier molecular flexibility index (Phi) is 15.2. The van der Waals surface area contributed by atoms with Crippen LogP contribution in [-0.4, -0.2) is 9.13 Å². The molecule has 0 aliphatic rings. The third kappa shape index (κ3) is 10.1. The van der Waals surface area contributed by atoms with Crippen molar-refractivity contribution in [1.29, 1.82) is 36.8 Å². The van der Waals surface area contributed by atoms with Gasteiger partial charge in [-0.1, -0.05) is 60.7 Å². The monoisotopic (exact) mass is 1270 g/mol. The number of halogens is 3. The predicted molar refractivity (Wildman–Crippen MR) is 368 cm³/mol. The summed E-state index contributed by atoms with van der Waals surface area (Å²) in [5.74, 6) is 0. The van der Waals surface area contributed by atoms with E-state index in [9.17, 15) is 36.8 Å². The average Bonchev–Trinajstić information content (AvgIpc) is 1.58. The van der Waals surface area contributed by atoms with Gasteiger partial charge in [-0.05, 0) is 167 Å². The van der Waals surface area contributed by atoms with E-state index in [0.717, 1.165) is 6.07 Å². The van der Waals surface area contributed by atoms with Gasteiger partial charge in [0.15, 0.2) is 34.1 Å². The van der Waals surface area contributed by atoms with Gasteiger partial charge in [-0.2, -0.15) is 50.0 Å². The molecule has 452 valence electrons. The number of alkyl halides is 3. The molecule has 2 aromatic heterocycles. The van der Waals surface area contributed by atoms with Crippen LogP contribution in [0.1, 0.15) is 50.1 Å². The molecule has 11 aromatic carbocycles. The van der Waals surface area contributed by atoms with Gasteiger partial charge in [0.1, 0.15) is 0 Å². The molecule has 0 atom stereocenters. The molecule has 0 fully saturated rings. The third-order valence-electron chi connectivity index (χ3n) is 17.4. The fourth-order valence-corrected chi connectivity index (χ4v) is 13.2. The minimum Gasteiger partial charge on any atom is -0.309 e. The topological polar surface area (TPSA) is 203 Å². The Bertz CT molecular complexity index is 6040. The molecule has 0 saturated heterocycles. The maximum Gasteiger partial charge on any atom is 0.417 e. The van der Waals surface area contributed by atoms with E-state index in [-0.39, 0.29) is 112 Å². The molecule has 15 nitrogen and oxygen atoms in total. The zero-order valence-electron chi connectivity index (χ0n) is 51.1. The molecule has 2 heterocycles. The second kappa shape index (κ2) is 24.3. The summed E-state index contributed by atoms with van der Waals surface area (Å²) in [6, 6.07) is 60.5. The van der Waals surface area contributed by atoms with Gasteiger partial charge in [0.25, 0.3) is 0 Å². The summed E-state index contributed by atoms with van der Waals surface area (Å²) < 4.78 is 50.2. The first-order valence-corrected chi connectivity index (χ1v) is 29.4. The number of rotatable bonds is 8. The van der Waals surface area contributed by atoms with Crippen molar-refractivity contribution < 1.29 is 13.2 Å². The molecule has 0 spiro atoms. The van der Waals surface area contributed by atoms with Crippen molar-refractivity contribution in [2.75, 3.05) is 0 Å². The predicted octanol–water partition coefficient (Wildman–Crippen LogP) is 21.6. The van der Waals surface area contributed by atoms with Crippen LogP contribution in [0.5, 0.6) is 0 Å². The maximum absolute atomic E-state index is 15.5. The van der Waals surface area contributed by atoms with Crippen molar-refractivity contribution in [3.05, 3.63) is 294 Å². The SMILES string of the molecule is [C-]#[N+]c1cc(C#N)c(-c2ccc3c(c2)c2cc(-c4c(C#N)cc([N+]#[C-])cc4[N+]#[C-])ccc2n3-c2cc(-c3c(C)cccc3C(F)(F)F)ccc2-c2ccc(C#N)cc2-n2c3ccc(-c4c(C#N)cc(C#N)cc4[N+]#[C-])cc3c3cc(-c4c([N+]#[C-])cc(C#N)cc4[N+]#[C-])ccc32)c(C#N)c1. The number of aryl methyl sites for hydroxylation is 1. The molecule has 0 unspecified atom stereocenters. The van der Waals surface area contributed by atoms with Crippen LogP contribution in [0, 0.1) is 126 Å². The van der Waals surface area contributed by atoms with E-state index in [4.69, 9.17) is 39.4 Å². The third-order valence-corrected chi connectivity index (χ3v) is 17.4. The fraction of sp³-hybridized carbons (Fsp3) is 0.0247. The summed E-state index contributed by atoms with van der Waals surface area (Å²) in [6.45, 7) is 49.9. The minimum atomic E-state index is -4.84. The number of nitriles is 7. The Labute approximate surface area is 562 Å². The zero-order chi connectivity index (χ0) is 69.7. The Morgan fingerprint density at radius 1 is 0.333 bits per heavy atom. The summed E-state index contributed by atoms with van der Waals surface area (Å²) in [7, 11) is 0. The van der Waals surface area contributed by atoms with E-state index in [1.54, 1.807) is 122 Å². The zero-order valence-corrected chi connectivity index (χ0v) is 51.1. The van der Waals surface area contributed by atoms with Crippen molar-refractivity contribution in [1.82, 2.24) is 9.13 Å². The Morgan fingerprint density at radius 2 is 0.697 bits per heavy atom. The first kappa shape index (κ1) is 62.0. The van der Waals surface area contributed by atoms with E-state index in [1.807, 2.05) is 21.3 Å². The van der Waals surface area contributed by atoms with Crippen molar-refractivity contribution in [2.24, 2.45) is 0 Å². The van der Waals surface area contributed by atoms with Crippen molar-refractivity contribution in [2.45, 2.75) is 13.1 Å². The van der Waals surface area contributed by atoms with Crippen LogP contribution >= 0.6 is 0 Å². The summed E-state index contributed by atoms with van der Waals surface area (Å²) in [5.41, 5.74) is 5.78. The molecule has 0 aliphatic carbocycles. The van der Waals surface area contributed by atoms with Crippen molar-refractivity contribution in [3.8, 4) is 121 Å². The lowest BCUT2D eigenvalue weighted by Crippen LogP contribution is -2.08. The highest BCUT2D eigenvalue weighted by molar-refractivity contribution is 6.15. The lowest BCUT2D eigenvalue weighted by molar-refractivity contribution is -0.137. The molecule has 0 aliphatic heterocycles. The fourth-order valence-electron chi connectivity index (χ4n) is 13.2. The Balaban J connectivity index is 1.18. The molecule has 0 N–H and O–H groups in total. The molecular formula is C81H32F3N15. The van der Waals surface area contributed by atoms with Crippen LogP contribution in [0.15, 0.2) is 176 Å². The molecular weight excluding hydrogens is 1240 g/mol. The number of nitrogens with zero attached hydrogens (tertiary/aromatic N) is 15. The van der Waals surface area contributed by atoms with Gasteiger partial charge in [0.05, 0.1) is 143 Å². The minimum absolute atomic E-state index is 0.00499. The second-order valence-corrected chi connectivity index (χ2v) is 22.6. The summed E-state index contributed by atoms with van der Waals surface area (Å²) in [5, 5.41) is 75.0. The number of hydrogen-bond donors (Lipinski definition) is 0. The Morgan fingerprint density at radius 3 is 1.13 bits per heavy atom. The number of benzene rings is 11. The summed E-state index contributed by atoms with van der Waals surface area (Å²) >= 11 is 0. The van der Waals surface area contributed by atoms with Gasteiger partial charge in [-0.25, -0.2) is 29.1 Å². The molecule has 0 saturated carbocycles. The smallest absolute Gasteiger partial charge is 0.309 e. The van der Waals surface area contributed by atoms with Gasteiger partial charge in [-0.3, -0.25) is 0 Å². The van der Waals surface area contributed by atoms with E-state index in [2.05, 4.69) is 59.4 Å². The quantitative estimate of drug-likeness (QED) is 0.135. The summed E-state index contributed by atoms with van der Waals surface area (Å²) in [4.78, 5) is 21.9. The van der Waals surface area contributed by atoms with Gasteiger partial charge >= 0.3 is 6.18 Å². The van der Waals surface area contributed by atoms with Crippen LogP contribution in [0.4, 0.5) is 47.3 Å². The number of hydrogen-bond acceptors (Lipinski definition) is 7. The average molecular weight is 1270 g/mol. The van der Waals surface area contributed by atoms with E-state index < -0.39 is 11.7 Å². The summed E-state index contributed by atoms with van der Waals surface area (Å²) in [6.07, 6.45) is -4.84. The van der Waals surface area contributed by atoms with Gasteiger partial charge in [-0.15, -0.1) is 0 Å². The second-order valence-electron chi connectivity index (χ2n) is 22.6. The molecule has 18 heteroatoms. The number of fused-ring (bicyclic) bond motifs is 6. The highest BCUT2D eigenvalue weighted by Gasteiger charge is 2.35.